The van der Waals surface area contributed by atoms with Gasteiger partial charge in [-0.2, -0.15) is 0 Å². The van der Waals surface area contributed by atoms with Crippen molar-refractivity contribution >= 4 is 17.6 Å². The van der Waals surface area contributed by atoms with Gasteiger partial charge in [-0.3, -0.25) is 14.5 Å². The normalized spacial score (nSPS) is 16.1. The van der Waals surface area contributed by atoms with Crippen LogP contribution in [0.2, 0.25) is 0 Å². The number of carboxylic acid groups (broad SMARTS) is 1. The van der Waals surface area contributed by atoms with Gasteiger partial charge in [0.15, 0.2) is 0 Å². The van der Waals surface area contributed by atoms with Crippen molar-refractivity contribution in [3.05, 3.63) is 29.8 Å². The fourth-order valence-corrected chi connectivity index (χ4v) is 2.32. The number of benzene rings is 1. The summed E-state index contributed by atoms with van der Waals surface area (Å²) >= 11 is 0. The molecule has 20 heavy (non-hydrogen) atoms. The minimum atomic E-state index is -0.755. The molecule has 2 rings (SSSR count). The van der Waals surface area contributed by atoms with Gasteiger partial charge in [0.2, 0.25) is 5.91 Å². The summed E-state index contributed by atoms with van der Waals surface area (Å²) in [6, 6.07) is 7.25. The molecule has 1 aromatic carbocycles. The molecular formula is C14H19N3O3. The molecule has 0 atom stereocenters. The van der Waals surface area contributed by atoms with E-state index in [1.807, 2.05) is 12.1 Å². The minimum absolute atomic E-state index is 0.188. The topological polar surface area (TPSA) is 86.9 Å². The van der Waals surface area contributed by atoms with Crippen LogP contribution in [0.3, 0.4) is 0 Å². The van der Waals surface area contributed by atoms with E-state index >= 15 is 0 Å². The van der Waals surface area contributed by atoms with Gasteiger partial charge in [-0.05, 0) is 24.3 Å². The predicted molar refractivity (Wildman–Crippen MR) is 75.9 cm³/mol. The molecule has 1 heterocycles. The number of carbonyl (C=O) groups is 2. The highest BCUT2D eigenvalue weighted by atomic mass is 16.4. The number of piperazine rings is 1. The quantitative estimate of drug-likeness (QED) is 0.812. The first-order valence-corrected chi connectivity index (χ1v) is 6.65. The number of hydrogen-bond donors (Lipinski definition) is 2. The van der Waals surface area contributed by atoms with Gasteiger partial charge < -0.3 is 15.7 Å². The highest BCUT2D eigenvalue weighted by Gasteiger charge is 2.17. The van der Waals surface area contributed by atoms with E-state index in [9.17, 15) is 9.59 Å². The Morgan fingerprint density at radius 1 is 1.10 bits per heavy atom. The van der Waals surface area contributed by atoms with E-state index in [4.69, 9.17) is 10.8 Å². The molecule has 6 heteroatoms. The van der Waals surface area contributed by atoms with E-state index in [1.54, 1.807) is 12.1 Å². The monoisotopic (exact) mass is 277 g/mol. The Hall–Kier alpha value is -2.08. The van der Waals surface area contributed by atoms with E-state index in [1.165, 1.54) is 0 Å². The lowest BCUT2D eigenvalue weighted by Crippen LogP contribution is -2.46. The number of carboxylic acids is 1. The van der Waals surface area contributed by atoms with Crippen LogP contribution in [0.25, 0.3) is 0 Å². The SMILES string of the molecule is NC(=O)c1ccc(N2CCN(CCC(=O)O)CC2)cc1. The smallest absolute Gasteiger partial charge is 0.304 e. The van der Waals surface area contributed by atoms with Crippen molar-refractivity contribution < 1.29 is 14.7 Å². The van der Waals surface area contributed by atoms with Gasteiger partial charge in [0.05, 0.1) is 6.42 Å². The third-order valence-electron chi connectivity index (χ3n) is 3.53. The molecule has 1 saturated heterocycles. The second-order valence-corrected chi connectivity index (χ2v) is 4.88. The van der Waals surface area contributed by atoms with Crippen LogP contribution in [-0.4, -0.2) is 54.6 Å². The molecule has 0 aromatic heterocycles. The summed E-state index contributed by atoms with van der Waals surface area (Å²) in [5, 5.41) is 8.67. The molecule has 1 amide bonds. The number of rotatable bonds is 5. The van der Waals surface area contributed by atoms with Crippen LogP contribution < -0.4 is 10.6 Å². The Morgan fingerprint density at radius 3 is 2.20 bits per heavy atom. The first-order valence-electron chi connectivity index (χ1n) is 6.65. The van der Waals surface area contributed by atoms with Crippen molar-refractivity contribution in [3.8, 4) is 0 Å². The third kappa shape index (κ3) is 3.71. The maximum absolute atomic E-state index is 11.0. The highest BCUT2D eigenvalue weighted by Crippen LogP contribution is 2.17. The molecule has 0 aliphatic carbocycles. The van der Waals surface area contributed by atoms with E-state index in [2.05, 4.69) is 9.80 Å². The molecule has 1 aliphatic rings. The number of hydrogen-bond acceptors (Lipinski definition) is 4. The van der Waals surface area contributed by atoms with Crippen LogP contribution in [0.1, 0.15) is 16.8 Å². The maximum Gasteiger partial charge on any atom is 0.304 e. The zero-order chi connectivity index (χ0) is 14.5. The highest BCUT2D eigenvalue weighted by molar-refractivity contribution is 5.93. The Labute approximate surface area is 117 Å². The van der Waals surface area contributed by atoms with Gasteiger partial charge in [-0.15, -0.1) is 0 Å². The summed E-state index contributed by atoms with van der Waals surface area (Å²) < 4.78 is 0. The van der Waals surface area contributed by atoms with Crippen LogP contribution >= 0.6 is 0 Å². The van der Waals surface area contributed by atoms with E-state index < -0.39 is 11.9 Å². The van der Waals surface area contributed by atoms with Crippen molar-refractivity contribution in [1.82, 2.24) is 4.90 Å². The number of aliphatic carboxylic acids is 1. The Morgan fingerprint density at radius 2 is 1.70 bits per heavy atom. The molecular weight excluding hydrogens is 258 g/mol. The number of amides is 1. The van der Waals surface area contributed by atoms with Gasteiger partial charge in [-0.1, -0.05) is 0 Å². The summed E-state index contributed by atoms with van der Waals surface area (Å²) in [6.45, 7) is 4.02. The minimum Gasteiger partial charge on any atom is -0.481 e. The first kappa shape index (κ1) is 14.3. The number of anilines is 1. The van der Waals surface area contributed by atoms with Crippen molar-refractivity contribution in [2.75, 3.05) is 37.6 Å². The number of primary amides is 1. The summed E-state index contributed by atoms with van der Waals surface area (Å²) in [7, 11) is 0. The van der Waals surface area contributed by atoms with E-state index in [-0.39, 0.29) is 6.42 Å². The van der Waals surface area contributed by atoms with Crippen molar-refractivity contribution in [1.29, 1.82) is 0 Å². The van der Waals surface area contributed by atoms with Crippen molar-refractivity contribution in [2.45, 2.75) is 6.42 Å². The van der Waals surface area contributed by atoms with Gasteiger partial charge in [0, 0.05) is 44.0 Å². The summed E-state index contributed by atoms with van der Waals surface area (Å²) in [4.78, 5) is 25.9. The Kier molecular flexibility index (Phi) is 4.57. The molecule has 1 aliphatic heterocycles. The van der Waals surface area contributed by atoms with Crippen LogP contribution in [-0.2, 0) is 4.79 Å². The van der Waals surface area contributed by atoms with E-state index in [0.29, 0.717) is 12.1 Å². The third-order valence-corrected chi connectivity index (χ3v) is 3.53. The predicted octanol–water partition coefficient (Wildman–Crippen LogP) is 0.382. The fraction of sp³-hybridized carbons (Fsp3) is 0.429. The molecule has 0 radical (unpaired) electrons. The number of carbonyl (C=O) groups excluding carboxylic acids is 1. The van der Waals surface area contributed by atoms with Crippen LogP contribution in [0, 0.1) is 0 Å². The number of nitrogens with zero attached hydrogens (tertiary/aromatic N) is 2. The first-order chi connectivity index (χ1) is 9.56. The fourth-order valence-electron chi connectivity index (χ4n) is 2.32. The average molecular weight is 277 g/mol. The Bertz CT molecular complexity index is 479. The second-order valence-electron chi connectivity index (χ2n) is 4.88. The molecule has 0 unspecified atom stereocenters. The molecule has 6 nitrogen and oxygen atoms in total. The number of nitrogens with two attached hydrogens (primary N) is 1. The standard InChI is InChI=1S/C14H19N3O3/c15-14(20)11-1-3-12(4-2-11)17-9-7-16(8-10-17)6-5-13(18)19/h1-4H,5-10H2,(H2,15,20)(H,18,19). The zero-order valence-electron chi connectivity index (χ0n) is 11.3. The molecule has 0 saturated carbocycles. The van der Waals surface area contributed by atoms with Gasteiger partial charge in [0.1, 0.15) is 0 Å². The molecule has 3 N–H and O–H groups in total. The summed E-state index contributed by atoms with van der Waals surface area (Å²) in [5.74, 6) is -1.18. The zero-order valence-corrected chi connectivity index (χ0v) is 11.3. The second kappa shape index (κ2) is 6.38. The molecule has 1 fully saturated rings. The lowest BCUT2D eigenvalue weighted by Gasteiger charge is -2.35. The molecule has 108 valence electrons. The van der Waals surface area contributed by atoms with Crippen LogP contribution in [0.5, 0.6) is 0 Å². The molecule has 1 aromatic rings. The summed E-state index contributed by atoms with van der Waals surface area (Å²) in [6.07, 6.45) is 0.188. The van der Waals surface area contributed by atoms with Crippen LogP contribution in [0.4, 0.5) is 5.69 Å². The lowest BCUT2D eigenvalue weighted by atomic mass is 10.1. The molecule has 0 spiro atoms. The Balaban J connectivity index is 1.87. The van der Waals surface area contributed by atoms with Crippen LogP contribution in [0.15, 0.2) is 24.3 Å². The largest absolute Gasteiger partial charge is 0.481 e. The van der Waals surface area contributed by atoms with Gasteiger partial charge >= 0.3 is 5.97 Å². The molecule has 0 bridgehead atoms. The summed E-state index contributed by atoms with van der Waals surface area (Å²) in [5.41, 5.74) is 6.78. The van der Waals surface area contributed by atoms with Gasteiger partial charge in [0.25, 0.3) is 0 Å². The van der Waals surface area contributed by atoms with E-state index in [0.717, 1.165) is 31.9 Å². The lowest BCUT2D eigenvalue weighted by molar-refractivity contribution is -0.137. The maximum atomic E-state index is 11.0. The van der Waals surface area contributed by atoms with Crippen molar-refractivity contribution in [3.63, 3.8) is 0 Å². The average Bonchev–Trinajstić information content (AvgIpc) is 2.46. The van der Waals surface area contributed by atoms with Crippen molar-refractivity contribution in [2.24, 2.45) is 5.73 Å². The van der Waals surface area contributed by atoms with Gasteiger partial charge in [-0.25, -0.2) is 0 Å².